The van der Waals surface area contributed by atoms with Gasteiger partial charge in [0.05, 0.1) is 12.7 Å². The number of alkyl halides is 3. The van der Waals surface area contributed by atoms with E-state index in [1.165, 1.54) is 7.11 Å². The van der Waals surface area contributed by atoms with E-state index >= 15 is 0 Å². The van der Waals surface area contributed by atoms with E-state index in [1.54, 1.807) is 0 Å². The van der Waals surface area contributed by atoms with Gasteiger partial charge in [-0.15, -0.1) is 0 Å². The molecule has 1 aliphatic carbocycles. The molecule has 0 saturated heterocycles. The Hall–Kier alpha value is -0.330. The fourth-order valence-corrected chi connectivity index (χ4v) is 1.28. The minimum atomic E-state index is -4.31. The van der Waals surface area contributed by atoms with Crippen molar-refractivity contribution >= 4 is 0 Å². The largest absolute Gasteiger partial charge is 0.414 e. The highest BCUT2D eigenvalue weighted by Crippen LogP contribution is 2.24. The summed E-state index contributed by atoms with van der Waals surface area (Å²) in [7, 11) is 1.45. The molecule has 2 unspecified atom stereocenters. The van der Waals surface area contributed by atoms with Gasteiger partial charge < -0.3 is 14.8 Å². The minimum Gasteiger partial charge on any atom is -0.382 e. The van der Waals surface area contributed by atoms with Crippen molar-refractivity contribution in [2.45, 2.75) is 44.2 Å². The van der Waals surface area contributed by atoms with Gasteiger partial charge in [0.1, 0.15) is 0 Å². The molecular weight excluding hydrogens is 223 g/mol. The summed E-state index contributed by atoms with van der Waals surface area (Å²) in [5.41, 5.74) is 0. The topological polar surface area (TPSA) is 30.5 Å². The van der Waals surface area contributed by atoms with E-state index in [9.17, 15) is 13.2 Å². The Labute approximate surface area is 93.3 Å². The van der Waals surface area contributed by atoms with Crippen LogP contribution in [0.3, 0.4) is 0 Å². The highest BCUT2D eigenvalue weighted by atomic mass is 19.4. The summed E-state index contributed by atoms with van der Waals surface area (Å²) in [6.07, 6.45) is -4.44. The van der Waals surface area contributed by atoms with Gasteiger partial charge in [-0.25, -0.2) is 0 Å². The van der Waals surface area contributed by atoms with E-state index in [0.717, 1.165) is 19.8 Å². The van der Waals surface area contributed by atoms with E-state index in [1.807, 2.05) is 0 Å². The summed E-state index contributed by atoms with van der Waals surface area (Å²) in [6.45, 7) is 1.58. The lowest BCUT2D eigenvalue weighted by Gasteiger charge is -2.23. The number of methoxy groups -OCH3 is 1. The normalized spacial score (nSPS) is 20.8. The lowest BCUT2D eigenvalue weighted by Crippen LogP contribution is -2.40. The number of nitrogens with one attached hydrogen (secondary N) is 1. The van der Waals surface area contributed by atoms with Crippen molar-refractivity contribution < 1.29 is 22.6 Å². The molecular formula is C10H18F3NO2. The molecule has 0 radical (unpaired) electrons. The van der Waals surface area contributed by atoms with Crippen molar-refractivity contribution in [2.24, 2.45) is 0 Å². The number of hydrogen-bond acceptors (Lipinski definition) is 3. The van der Waals surface area contributed by atoms with Gasteiger partial charge in [-0.3, -0.25) is 0 Å². The molecule has 0 bridgehead atoms. The Morgan fingerprint density at radius 3 is 2.44 bits per heavy atom. The van der Waals surface area contributed by atoms with Crippen LogP contribution in [0.5, 0.6) is 0 Å². The smallest absolute Gasteiger partial charge is 0.382 e. The molecule has 0 aromatic heterocycles. The molecule has 0 heterocycles. The zero-order chi connectivity index (χ0) is 12.2. The third-order valence-electron chi connectivity index (χ3n) is 2.42. The molecule has 0 amide bonds. The molecule has 0 spiro atoms. The predicted molar refractivity (Wildman–Crippen MR) is 53.3 cm³/mol. The first kappa shape index (κ1) is 13.7. The maximum Gasteiger partial charge on any atom is 0.414 e. The van der Waals surface area contributed by atoms with Gasteiger partial charge in [-0.1, -0.05) is 0 Å². The van der Waals surface area contributed by atoms with Gasteiger partial charge in [0.2, 0.25) is 0 Å². The first-order chi connectivity index (χ1) is 7.43. The highest BCUT2D eigenvalue weighted by Gasteiger charge is 2.38. The Morgan fingerprint density at radius 1 is 1.38 bits per heavy atom. The van der Waals surface area contributed by atoms with Crippen LogP contribution in [-0.2, 0) is 9.47 Å². The molecule has 1 N–H and O–H groups in total. The molecule has 0 aliphatic heterocycles. The van der Waals surface area contributed by atoms with Crippen molar-refractivity contribution in [3.63, 3.8) is 0 Å². The Bertz CT molecular complexity index is 207. The maximum atomic E-state index is 12.3. The molecule has 1 saturated carbocycles. The highest BCUT2D eigenvalue weighted by molar-refractivity contribution is 4.82. The first-order valence-electron chi connectivity index (χ1n) is 5.38. The fourth-order valence-electron chi connectivity index (χ4n) is 1.28. The summed E-state index contributed by atoms with van der Waals surface area (Å²) < 4.78 is 46.6. The van der Waals surface area contributed by atoms with E-state index in [4.69, 9.17) is 9.47 Å². The van der Waals surface area contributed by atoms with Crippen molar-refractivity contribution in [3.05, 3.63) is 0 Å². The maximum absolute atomic E-state index is 12.3. The third-order valence-corrected chi connectivity index (χ3v) is 2.42. The van der Waals surface area contributed by atoms with Gasteiger partial charge >= 0.3 is 6.18 Å². The number of rotatable bonds is 7. The Kier molecular flexibility index (Phi) is 5.01. The molecule has 3 nitrogen and oxygen atoms in total. The molecule has 2 atom stereocenters. The fraction of sp³-hybridized carbons (Fsp3) is 1.00. The molecule has 1 aliphatic rings. The summed E-state index contributed by atoms with van der Waals surface area (Å²) in [5.74, 6) is 0. The molecule has 1 fully saturated rings. The lowest BCUT2D eigenvalue weighted by molar-refractivity contribution is -0.229. The second-order valence-corrected chi connectivity index (χ2v) is 4.08. The quantitative estimate of drug-likeness (QED) is 0.736. The van der Waals surface area contributed by atoms with Gasteiger partial charge in [0, 0.05) is 19.7 Å². The molecule has 16 heavy (non-hydrogen) atoms. The second kappa shape index (κ2) is 5.84. The predicted octanol–water partition coefficient (Wildman–Crippen LogP) is 1.72. The molecule has 6 heteroatoms. The van der Waals surface area contributed by atoms with E-state index in [2.05, 4.69) is 5.32 Å². The van der Waals surface area contributed by atoms with Crippen LogP contribution in [0.2, 0.25) is 0 Å². The van der Waals surface area contributed by atoms with E-state index < -0.39 is 18.4 Å². The summed E-state index contributed by atoms with van der Waals surface area (Å²) in [5, 5.41) is 3.13. The SMILES string of the molecule is COCC(CNC1CC1)OC(C)C(F)(F)F. The Balaban J connectivity index is 2.30. The number of hydrogen-bond donors (Lipinski definition) is 1. The second-order valence-electron chi connectivity index (χ2n) is 4.08. The van der Waals surface area contributed by atoms with Crippen LogP contribution in [0.25, 0.3) is 0 Å². The van der Waals surface area contributed by atoms with Crippen LogP contribution in [0, 0.1) is 0 Å². The van der Waals surface area contributed by atoms with Gasteiger partial charge in [-0.2, -0.15) is 13.2 Å². The number of halogens is 3. The van der Waals surface area contributed by atoms with Gasteiger partial charge in [0.25, 0.3) is 0 Å². The van der Waals surface area contributed by atoms with E-state index in [-0.39, 0.29) is 6.61 Å². The molecule has 0 aromatic rings. The van der Waals surface area contributed by atoms with Crippen LogP contribution in [0.4, 0.5) is 13.2 Å². The molecule has 0 aromatic carbocycles. The van der Waals surface area contributed by atoms with Crippen LogP contribution in [0.15, 0.2) is 0 Å². The Morgan fingerprint density at radius 2 is 2.00 bits per heavy atom. The van der Waals surface area contributed by atoms with Crippen LogP contribution in [0.1, 0.15) is 19.8 Å². The van der Waals surface area contributed by atoms with Gasteiger partial charge in [0.15, 0.2) is 6.10 Å². The summed E-state index contributed by atoms with van der Waals surface area (Å²) in [4.78, 5) is 0. The van der Waals surface area contributed by atoms with Crippen molar-refractivity contribution in [2.75, 3.05) is 20.3 Å². The van der Waals surface area contributed by atoms with Crippen molar-refractivity contribution in [1.29, 1.82) is 0 Å². The van der Waals surface area contributed by atoms with Crippen molar-refractivity contribution in [1.82, 2.24) is 5.32 Å². The van der Waals surface area contributed by atoms with Crippen LogP contribution < -0.4 is 5.32 Å². The monoisotopic (exact) mass is 241 g/mol. The van der Waals surface area contributed by atoms with Crippen LogP contribution >= 0.6 is 0 Å². The standard InChI is InChI=1S/C10H18F3NO2/c1-7(10(11,12)13)16-9(6-15-2)5-14-8-3-4-8/h7-9,14H,3-6H2,1-2H3. The average Bonchev–Trinajstić information content (AvgIpc) is 2.96. The zero-order valence-corrected chi connectivity index (χ0v) is 9.51. The molecule has 1 rings (SSSR count). The van der Waals surface area contributed by atoms with Crippen molar-refractivity contribution in [3.8, 4) is 0 Å². The summed E-state index contributed by atoms with van der Waals surface area (Å²) in [6, 6.07) is 0.448. The van der Waals surface area contributed by atoms with E-state index in [0.29, 0.717) is 12.6 Å². The van der Waals surface area contributed by atoms with Crippen LogP contribution in [-0.4, -0.2) is 44.7 Å². The van der Waals surface area contributed by atoms with Gasteiger partial charge in [-0.05, 0) is 19.8 Å². The molecule has 96 valence electrons. The minimum absolute atomic E-state index is 0.167. The summed E-state index contributed by atoms with van der Waals surface area (Å²) >= 11 is 0. The first-order valence-corrected chi connectivity index (χ1v) is 5.38. The average molecular weight is 241 g/mol. The lowest BCUT2D eigenvalue weighted by atomic mass is 10.3. The number of ether oxygens (including phenoxy) is 2. The zero-order valence-electron chi connectivity index (χ0n) is 9.51. The third kappa shape index (κ3) is 5.14.